The van der Waals surface area contributed by atoms with Gasteiger partial charge in [-0.15, -0.1) is 11.3 Å². The third-order valence-electron chi connectivity index (χ3n) is 5.41. The van der Waals surface area contributed by atoms with E-state index in [0.29, 0.717) is 20.5 Å². The molecule has 1 aliphatic heterocycles. The number of carbonyl (C=O) groups is 2. The van der Waals surface area contributed by atoms with E-state index in [1.807, 2.05) is 27.7 Å². The van der Waals surface area contributed by atoms with E-state index in [4.69, 9.17) is 11.6 Å². The van der Waals surface area contributed by atoms with Crippen molar-refractivity contribution in [2.24, 2.45) is 5.41 Å². The summed E-state index contributed by atoms with van der Waals surface area (Å²) >= 11 is 7.57. The number of halogens is 2. The van der Waals surface area contributed by atoms with Crippen molar-refractivity contribution in [3.05, 3.63) is 51.1 Å². The van der Waals surface area contributed by atoms with E-state index >= 15 is 0 Å². The molecule has 8 heteroatoms. The van der Waals surface area contributed by atoms with Gasteiger partial charge in [-0.2, -0.15) is 0 Å². The topological polar surface area (TPSA) is 61.4 Å². The van der Waals surface area contributed by atoms with E-state index in [1.165, 1.54) is 17.4 Å². The van der Waals surface area contributed by atoms with Crippen LogP contribution in [-0.2, 0) is 4.79 Å². The van der Waals surface area contributed by atoms with Crippen molar-refractivity contribution in [3.63, 3.8) is 0 Å². The first-order valence-electron chi connectivity index (χ1n) is 10.5. The number of likely N-dealkylation sites (tertiary alicyclic amines) is 1. The second kappa shape index (κ2) is 9.67. The Morgan fingerprint density at radius 2 is 1.94 bits per heavy atom. The predicted molar refractivity (Wildman–Crippen MR) is 124 cm³/mol. The molecule has 2 N–H and O–H groups in total. The Kier molecular flexibility index (Phi) is 7.39. The smallest absolute Gasteiger partial charge is 0.261 e. The number of hydrogen-bond donors (Lipinski definition) is 2. The van der Waals surface area contributed by atoms with Crippen LogP contribution in [0.5, 0.6) is 0 Å². The summed E-state index contributed by atoms with van der Waals surface area (Å²) in [6.45, 7) is 9.27. The number of aryl methyl sites for hydroxylation is 1. The average Bonchev–Trinajstić information content (AvgIpc) is 3.33. The van der Waals surface area contributed by atoms with Gasteiger partial charge in [0, 0.05) is 22.5 Å². The van der Waals surface area contributed by atoms with Crippen molar-refractivity contribution >= 4 is 39.8 Å². The van der Waals surface area contributed by atoms with Crippen LogP contribution in [0.2, 0.25) is 5.02 Å². The van der Waals surface area contributed by atoms with Crippen molar-refractivity contribution in [3.8, 4) is 0 Å². The zero-order valence-electron chi connectivity index (χ0n) is 18.4. The molecule has 1 saturated heterocycles. The molecule has 5 nitrogen and oxygen atoms in total. The molecule has 2 heterocycles. The molecule has 1 fully saturated rings. The fourth-order valence-electron chi connectivity index (χ4n) is 3.63. The molecule has 0 aliphatic carbocycles. The lowest BCUT2D eigenvalue weighted by Gasteiger charge is -2.29. The number of nitrogens with zero attached hydrogens (tertiary/aromatic N) is 1. The van der Waals surface area contributed by atoms with Gasteiger partial charge in [0.05, 0.1) is 15.9 Å². The Hall–Kier alpha value is -1.96. The van der Waals surface area contributed by atoms with Gasteiger partial charge in [-0.3, -0.25) is 14.5 Å². The van der Waals surface area contributed by atoms with E-state index < -0.39 is 5.41 Å². The van der Waals surface area contributed by atoms with Gasteiger partial charge in [-0.1, -0.05) is 38.4 Å². The van der Waals surface area contributed by atoms with Gasteiger partial charge < -0.3 is 10.6 Å². The molecule has 1 aromatic heterocycles. The van der Waals surface area contributed by atoms with Crippen LogP contribution in [0, 0.1) is 18.2 Å². The highest BCUT2D eigenvalue weighted by molar-refractivity contribution is 7.18. The Morgan fingerprint density at radius 3 is 2.55 bits per heavy atom. The minimum Gasteiger partial charge on any atom is -0.349 e. The zero-order valence-corrected chi connectivity index (χ0v) is 19.9. The summed E-state index contributed by atoms with van der Waals surface area (Å²) in [5.74, 6) is -0.711. The fourth-order valence-corrected chi connectivity index (χ4v) is 4.91. The van der Waals surface area contributed by atoms with E-state index in [9.17, 15) is 14.0 Å². The summed E-state index contributed by atoms with van der Waals surface area (Å²) in [5, 5.41) is 6.83. The molecular weight excluding hydrogens is 437 g/mol. The minimum absolute atomic E-state index is 0.107. The molecule has 3 rings (SSSR count). The van der Waals surface area contributed by atoms with E-state index in [2.05, 4.69) is 15.5 Å². The van der Waals surface area contributed by atoms with Crippen LogP contribution in [0.25, 0.3) is 0 Å². The summed E-state index contributed by atoms with van der Waals surface area (Å²) in [4.78, 5) is 27.9. The van der Waals surface area contributed by atoms with Crippen LogP contribution in [0.3, 0.4) is 0 Å². The van der Waals surface area contributed by atoms with Crippen LogP contribution in [0.4, 0.5) is 9.39 Å². The van der Waals surface area contributed by atoms with Crippen LogP contribution < -0.4 is 10.6 Å². The normalized spacial score (nSPS) is 15.7. The molecule has 2 aromatic rings. The van der Waals surface area contributed by atoms with Gasteiger partial charge in [0.25, 0.3) is 5.91 Å². The largest absolute Gasteiger partial charge is 0.349 e. The second-order valence-electron chi connectivity index (χ2n) is 8.93. The highest BCUT2D eigenvalue weighted by Crippen LogP contribution is 2.33. The molecule has 0 unspecified atom stereocenters. The molecule has 0 bridgehead atoms. The van der Waals surface area contributed by atoms with Gasteiger partial charge in [-0.25, -0.2) is 4.39 Å². The third-order valence-corrected chi connectivity index (χ3v) is 6.89. The molecule has 31 heavy (non-hydrogen) atoms. The molecule has 1 aromatic carbocycles. The quantitative estimate of drug-likeness (QED) is 0.600. The minimum atomic E-state index is -0.526. The Bertz CT molecular complexity index is 944. The number of amides is 2. The summed E-state index contributed by atoms with van der Waals surface area (Å²) in [6, 6.07) is 6.14. The van der Waals surface area contributed by atoms with Gasteiger partial charge in [-0.05, 0) is 56.6 Å². The third kappa shape index (κ3) is 5.64. The molecule has 0 spiro atoms. The summed E-state index contributed by atoms with van der Waals surface area (Å²) in [6.07, 6.45) is 2.08. The van der Waals surface area contributed by atoms with E-state index in [0.717, 1.165) is 31.5 Å². The number of anilines is 1. The SMILES string of the molecule is Cc1cc(NC(=O)C(C)(C)C)sc1C(=O)NC[C@H](c1c(F)cccc1Cl)N1CCCC1. The number of nitrogens with one attached hydrogen (secondary N) is 2. The molecule has 168 valence electrons. The lowest BCUT2D eigenvalue weighted by molar-refractivity contribution is -0.123. The van der Waals surface area contributed by atoms with Gasteiger partial charge >= 0.3 is 0 Å². The maximum Gasteiger partial charge on any atom is 0.261 e. The van der Waals surface area contributed by atoms with Gasteiger partial charge in [0.2, 0.25) is 5.91 Å². The predicted octanol–water partition coefficient (Wildman–Crippen LogP) is 5.40. The summed E-state index contributed by atoms with van der Waals surface area (Å²) in [5.41, 5.74) is 0.684. The van der Waals surface area contributed by atoms with Crippen molar-refractivity contribution in [1.29, 1.82) is 0 Å². The molecule has 0 radical (unpaired) electrons. The van der Waals surface area contributed by atoms with Gasteiger partial charge in [0.1, 0.15) is 5.82 Å². The van der Waals surface area contributed by atoms with Crippen molar-refractivity contribution in [1.82, 2.24) is 10.2 Å². The average molecular weight is 466 g/mol. The Balaban J connectivity index is 1.75. The van der Waals surface area contributed by atoms with Crippen molar-refractivity contribution in [2.75, 3.05) is 25.0 Å². The first-order valence-corrected chi connectivity index (χ1v) is 11.7. The van der Waals surface area contributed by atoms with Crippen LogP contribution in [0.1, 0.15) is 60.5 Å². The summed E-state index contributed by atoms with van der Waals surface area (Å²) < 4.78 is 14.6. The molecule has 0 saturated carbocycles. The Labute approximate surface area is 192 Å². The van der Waals surface area contributed by atoms with Crippen LogP contribution in [-0.4, -0.2) is 36.3 Å². The number of rotatable bonds is 6. The second-order valence-corrected chi connectivity index (χ2v) is 10.4. The lowest BCUT2D eigenvalue weighted by Crippen LogP contribution is -2.37. The maximum absolute atomic E-state index is 14.6. The highest BCUT2D eigenvalue weighted by atomic mass is 35.5. The van der Waals surface area contributed by atoms with Crippen LogP contribution >= 0.6 is 22.9 Å². The van der Waals surface area contributed by atoms with Crippen LogP contribution in [0.15, 0.2) is 24.3 Å². The number of hydrogen-bond acceptors (Lipinski definition) is 4. The van der Waals surface area contributed by atoms with Crippen molar-refractivity contribution < 1.29 is 14.0 Å². The number of thiophene rings is 1. The van der Waals surface area contributed by atoms with Gasteiger partial charge in [0.15, 0.2) is 0 Å². The molecule has 1 atom stereocenters. The molecule has 2 amide bonds. The van der Waals surface area contributed by atoms with Crippen molar-refractivity contribution in [2.45, 2.75) is 46.6 Å². The zero-order chi connectivity index (χ0) is 22.8. The van der Waals surface area contributed by atoms with E-state index in [1.54, 1.807) is 18.2 Å². The number of benzene rings is 1. The number of carbonyl (C=O) groups excluding carboxylic acids is 2. The monoisotopic (exact) mass is 465 g/mol. The van der Waals surface area contributed by atoms with E-state index in [-0.39, 0.29) is 30.2 Å². The maximum atomic E-state index is 14.6. The lowest BCUT2D eigenvalue weighted by atomic mass is 9.96. The molecular formula is C23H29ClFN3O2S. The standard InChI is InChI=1S/C23H29ClFN3O2S/c1-14-12-18(27-22(30)23(2,3)4)31-20(14)21(29)26-13-17(28-10-5-6-11-28)19-15(24)8-7-9-16(19)25/h7-9,12,17H,5-6,10-11,13H2,1-4H3,(H,26,29)(H,27,30)/t17-/m1/s1. The Morgan fingerprint density at radius 1 is 1.26 bits per heavy atom. The first kappa shape index (κ1) is 23.7. The fraction of sp³-hybridized carbons (Fsp3) is 0.478. The summed E-state index contributed by atoms with van der Waals surface area (Å²) in [7, 11) is 0. The highest BCUT2D eigenvalue weighted by Gasteiger charge is 2.29. The molecule has 1 aliphatic rings. The first-order chi connectivity index (χ1) is 14.6.